The standard InChI is InChI=1S/C24H35N5O5S/c1-17-11-18(2)28-23(27-17)29-9-7-24(8-10-29)13-19(15-34-24)26-14-20(30)16-33-21-5-4-6-22(12-21)35(31,32)25-3/h4-6,11-12,19-20,25-26,30H,7-10,13-16H2,1-3H3/t19-,20?/m1/s1. The summed E-state index contributed by atoms with van der Waals surface area (Å²) in [6.45, 7) is 6.72. The van der Waals surface area contributed by atoms with E-state index < -0.39 is 16.1 Å². The summed E-state index contributed by atoms with van der Waals surface area (Å²) in [5.41, 5.74) is 1.81. The molecule has 0 saturated carbocycles. The highest BCUT2D eigenvalue weighted by Gasteiger charge is 2.43. The lowest BCUT2D eigenvalue weighted by Crippen LogP contribution is -2.46. The Morgan fingerprint density at radius 3 is 2.63 bits per heavy atom. The minimum Gasteiger partial charge on any atom is -0.491 e. The van der Waals surface area contributed by atoms with Crippen LogP contribution in [-0.4, -0.2) is 81.1 Å². The summed E-state index contributed by atoms with van der Waals surface area (Å²) in [5, 5.41) is 13.8. The molecule has 35 heavy (non-hydrogen) atoms. The van der Waals surface area contributed by atoms with Gasteiger partial charge in [0.15, 0.2) is 0 Å². The summed E-state index contributed by atoms with van der Waals surface area (Å²) in [6.07, 6.45) is 1.99. The Labute approximate surface area is 207 Å². The zero-order valence-corrected chi connectivity index (χ0v) is 21.3. The maximum atomic E-state index is 11.9. The van der Waals surface area contributed by atoms with E-state index in [4.69, 9.17) is 9.47 Å². The molecule has 2 aliphatic rings. The van der Waals surface area contributed by atoms with Gasteiger partial charge in [-0.05, 0) is 58.4 Å². The number of aromatic nitrogens is 2. The Morgan fingerprint density at radius 2 is 1.94 bits per heavy atom. The van der Waals surface area contributed by atoms with Crippen molar-refractivity contribution in [1.29, 1.82) is 0 Å². The Hall–Kier alpha value is -2.31. The monoisotopic (exact) mass is 505 g/mol. The summed E-state index contributed by atoms with van der Waals surface area (Å²) < 4.78 is 38.0. The zero-order valence-electron chi connectivity index (χ0n) is 20.5. The molecule has 0 bridgehead atoms. The lowest BCUT2D eigenvalue weighted by Gasteiger charge is -2.38. The number of nitrogens with one attached hydrogen (secondary N) is 2. The average Bonchev–Trinajstić information content (AvgIpc) is 3.23. The van der Waals surface area contributed by atoms with Gasteiger partial charge in [0, 0.05) is 43.1 Å². The molecule has 1 unspecified atom stereocenters. The molecule has 2 atom stereocenters. The van der Waals surface area contributed by atoms with E-state index in [0.29, 0.717) is 18.9 Å². The molecule has 3 heterocycles. The van der Waals surface area contributed by atoms with E-state index in [-0.39, 0.29) is 23.1 Å². The predicted molar refractivity (Wildman–Crippen MR) is 132 cm³/mol. The van der Waals surface area contributed by atoms with E-state index in [2.05, 4.69) is 24.9 Å². The summed E-state index contributed by atoms with van der Waals surface area (Å²) in [7, 11) is -2.19. The number of sulfonamides is 1. The molecular weight excluding hydrogens is 470 g/mol. The maximum Gasteiger partial charge on any atom is 0.240 e. The molecule has 2 fully saturated rings. The number of piperidine rings is 1. The van der Waals surface area contributed by atoms with Crippen LogP contribution in [0.1, 0.15) is 30.7 Å². The molecule has 0 amide bonds. The molecule has 2 aliphatic heterocycles. The van der Waals surface area contributed by atoms with Gasteiger partial charge >= 0.3 is 0 Å². The van der Waals surface area contributed by atoms with Crippen LogP contribution in [0.2, 0.25) is 0 Å². The van der Waals surface area contributed by atoms with Gasteiger partial charge in [-0.1, -0.05) is 6.07 Å². The van der Waals surface area contributed by atoms with Gasteiger partial charge in [-0.3, -0.25) is 0 Å². The first-order chi connectivity index (χ1) is 16.7. The van der Waals surface area contributed by atoms with Gasteiger partial charge in [-0.2, -0.15) is 0 Å². The molecule has 4 rings (SSSR count). The Kier molecular flexibility index (Phi) is 7.92. The number of hydrogen-bond donors (Lipinski definition) is 3. The third-order valence-electron chi connectivity index (χ3n) is 6.61. The van der Waals surface area contributed by atoms with Crippen LogP contribution >= 0.6 is 0 Å². The van der Waals surface area contributed by atoms with E-state index in [9.17, 15) is 13.5 Å². The number of benzene rings is 1. The molecule has 3 N–H and O–H groups in total. The Morgan fingerprint density at radius 1 is 1.23 bits per heavy atom. The quantitative estimate of drug-likeness (QED) is 0.460. The van der Waals surface area contributed by atoms with Gasteiger partial charge in [-0.15, -0.1) is 0 Å². The lowest BCUT2D eigenvalue weighted by molar-refractivity contribution is -0.0152. The summed E-state index contributed by atoms with van der Waals surface area (Å²) >= 11 is 0. The molecule has 2 aromatic rings. The molecular formula is C24H35N5O5S. The van der Waals surface area contributed by atoms with Crippen molar-refractivity contribution in [3.8, 4) is 5.75 Å². The number of anilines is 1. The number of hydrogen-bond acceptors (Lipinski definition) is 9. The highest BCUT2D eigenvalue weighted by atomic mass is 32.2. The number of aliphatic hydroxyl groups excluding tert-OH is 1. The van der Waals surface area contributed by atoms with Crippen LogP contribution in [-0.2, 0) is 14.8 Å². The van der Waals surface area contributed by atoms with Crippen LogP contribution in [0, 0.1) is 13.8 Å². The van der Waals surface area contributed by atoms with E-state index in [0.717, 1.165) is 49.7 Å². The molecule has 10 nitrogen and oxygen atoms in total. The van der Waals surface area contributed by atoms with Crippen molar-refractivity contribution in [2.24, 2.45) is 0 Å². The molecule has 192 valence electrons. The second-order valence-electron chi connectivity index (χ2n) is 9.39. The number of ether oxygens (including phenoxy) is 2. The Bertz CT molecular complexity index is 1100. The van der Waals surface area contributed by atoms with Crippen molar-refractivity contribution in [3.63, 3.8) is 0 Å². The first-order valence-corrected chi connectivity index (χ1v) is 13.5. The fraction of sp³-hybridized carbons (Fsp3) is 0.583. The van der Waals surface area contributed by atoms with Crippen LogP contribution in [0.5, 0.6) is 5.75 Å². The maximum absolute atomic E-state index is 11.9. The van der Waals surface area contributed by atoms with Crippen molar-refractivity contribution in [1.82, 2.24) is 20.0 Å². The first kappa shape index (κ1) is 25.8. The van der Waals surface area contributed by atoms with E-state index in [1.54, 1.807) is 12.1 Å². The van der Waals surface area contributed by atoms with Crippen molar-refractivity contribution in [2.75, 3.05) is 44.8 Å². The second-order valence-corrected chi connectivity index (χ2v) is 11.3. The van der Waals surface area contributed by atoms with Gasteiger partial charge in [0.05, 0.1) is 17.1 Å². The number of nitrogens with zero attached hydrogens (tertiary/aromatic N) is 3. The average molecular weight is 506 g/mol. The second kappa shape index (κ2) is 10.8. The number of aryl methyl sites for hydroxylation is 2. The fourth-order valence-electron chi connectivity index (χ4n) is 4.69. The normalized spacial score (nSPS) is 20.8. The molecule has 1 spiro atoms. The smallest absolute Gasteiger partial charge is 0.240 e. The zero-order chi connectivity index (χ0) is 25.1. The molecule has 1 aromatic carbocycles. The lowest BCUT2D eigenvalue weighted by atomic mass is 9.87. The fourth-order valence-corrected chi connectivity index (χ4v) is 5.45. The van der Waals surface area contributed by atoms with Crippen LogP contribution in [0.3, 0.4) is 0 Å². The number of rotatable bonds is 9. The molecule has 2 saturated heterocycles. The first-order valence-electron chi connectivity index (χ1n) is 12.0. The third kappa shape index (κ3) is 6.47. The summed E-state index contributed by atoms with van der Waals surface area (Å²) in [5.74, 6) is 1.19. The molecule has 11 heteroatoms. The summed E-state index contributed by atoms with van der Waals surface area (Å²) in [4.78, 5) is 11.5. The predicted octanol–water partition coefficient (Wildman–Crippen LogP) is 1.16. The van der Waals surface area contributed by atoms with Gasteiger partial charge in [-0.25, -0.2) is 23.1 Å². The van der Waals surface area contributed by atoms with Crippen LogP contribution in [0.4, 0.5) is 5.95 Å². The number of aliphatic hydroxyl groups is 1. The molecule has 1 aromatic heterocycles. The van der Waals surface area contributed by atoms with Crippen molar-refractivity contribution < 1.29 is 23.0 Å². The van der Waals surface area contributed by atoms with Crippen LogP contribution in [0.15, 0.2) is 35.2 Å². The van der Waals surface area contributed by atoms with Gasteiger partial charge in [0.25, 0.3) is 0 Å². The highest BCUT2D eigenvalue weighted by Crippen LogP contribution is 2.36. The summed E-state index contributed by atoms with van der Waals surface area (Å²) in [6, 6.07) is 8.35. The van der Waals surface area contributed by atoms with E-state index in [1.165, 1.54) is 19.2 Å². The minimum absolute atomic E-state index is 0.0552. The minimum atomic E-state index is -3.55. The largest absolute Gasteiger partial charge is 0.491 e. The van der Waals surface area contributed by atoms with Crippen molar-refractivity contribution >= 4 is 16.0 Å². The third-order valence-corrected chi connectivity index (χ3v) is 8.02. The highest BCUT2D eigenvalue weighted by molar-refractivity contribution is 7.89. The van der Waals surface area contributed by atoms with Crippen LogP contribution < -0.4 is 19.7 Å². The van der Waals surface area contributed by atoms with Crippen molar-refractivity contribution in [2.45, 2.75) is 55.8 Å². The van der Waals surface area contributed by atoms with Gasteiger partial charge in [0.2, 0.25) is 16.0 Å². The SMILES string of the molecule is CNS(=O)(=O)c1cccc(OCC(O)CN[C@H]2COC3(CCN(c4nc(C)cc(C)n4)CC3)C2)c1. The van der Waals surface area contributed by atoms with Gasteiger partial charge in [0.1, 0.15) is 18.5 Å². The van der Waals surface area contributed by atoms with Gasteiger partial charge < -0.3 is 24.8 Å². The Balaban J connectivity index is 1.21. The topological polar surface area (TPSA) is 126 Å². The van der Waals surface area contributed by atoms with E-state index in [1.807, 2.05) is 19.9 Å². The molecule has 0 aliphatic carbocycles. The van der Waals surface area contributed by atoms with Crippen molar-refractivity contribution in [3.05, 3.63) is 41.7 Å². The molecule has 0 radical (unpaired) electrons. The van der Waals surface area contributed by atoms with Crippen LogP contribution in [0.25, 0.3) is 0 Å². The van der Waals surface area contributed by atoms with E-state index >= 15 is 0 Å².